The van der Waals surface area contributed by atoms with Crippen LogP contribution in [0.1, 0.15) is 15.9 Å². The van der Waals surface area contributed by atoms with Gasteiger partial charge in [0.2, 0.25) is 0 Å². The molecule has 4 N–H and O–H groups in total. The van der Waals surface area contributed by atoms with Gasteiger partial charge in [0, 0.05) is 19.6 Å². The number of benzene rings is 1. The maximum atomic E-state index is 12.4. The van der Waals surface area contributed by atoms with Gasteiger partial charge in [0.25, 0.3) is 5.91 Å². The van der Waals surface area contributed by atoms with Crippen LogP contribution in [-0.2, 0) is 0 Å². The van der Waals surface area contributed by atoms with Crippen molar-refractivity contribution in [2.75, 3.05) is 10.7 Å². The van der Waals surface area contributed by atoms with E-state index >= 15 is 0 Å². The SMILES string of the molecule is Cc1cc(Br)c(NC(=O)c2cc(Br)cnc2NN)c(Br)c1. The van der Waals surface area contributed by atoms with Gasteiger partial charge in [-0.3, -0.25) is 4.79 Å². The monoisotopic (exact) mass is 476 g/mol. The molecule has 0 radical (unpaired) electrons. The molecule has 0 bridgehead atoms. The zero-order valence-electron chi connectivity index (χ0n) is 10.9. The zero-order valence-corrected chi connectivity index (χ0v) is 15.6. The van der Waals surface area contributed by atoms with Crippen molar-refractivity contribution in [3.63, 3.8) is 0 Å². The number of nitrogen functional groups attached to an aromatic ring is 1. The number of halogens is 3. The Bertz CT molecular complexity index is 683. The summed E-state index contributed by atoms with van der Waals surface area (Å²) in [5.41, 5.74) is 4.47. The van der Waals surface area contributed by atoms with Crippen molar-refractivity contribution < 1.29 is 4.79 Å². The molecular formula is C13H11Br3N4O. The lowest BCUT2D eigenvalue weighted by Gasteiger charge is -2.12. The van der Waals surface area contributed by atoms with E-state index < -0.39 is 0 Å². The van der Waals surface area contributed by atoms with E-state index in [9.17, 15) is 4.79 Å². The first kappa shape index (κ1) is 16.4. The van der Waals surface area contributed by atoms with Gasteiger partial charge in [-0.2, -0.15) is 0 Å². The predicted octanol–water partition coefficient (Wildman–Crippen LogP) is 4.22. The number of carbonyl (C=O) groups excluding carboxylic acids is 1. The van der Waals surface area contributed by atoms with Crippen LogP contribution in [0.25, 0.3) is 0 Å². The molecule has 0 aliphatic heterocycles. The molecule has 0 aliphatic rings. The highest BCUT2D eigenvalue weighted by atomic mass is 79.9. The molecule has 1 aromatic carbocycles. The summed E-state index contributed by atoms with van der Waals surface area (Å²) in [6, 6.07) is 5.48. The largest absolute Gasteiger partial charge is 0.320 e. The molecule has 0 atom stereocenters. The third-order valence-electron chi connectivity index (χ3n) is 2.66. The molecule has 2 aromatic rings. The molecule has 0 unspecified atom stereocenters. The molecule has 0 fully saturated rings. The van der Waals surface area contributed by atoms with Gasteiger partial charge in [0.05, 0.1) is 11.3 Å². The lowest BCUT2D eigenvalue weighted by Crippen LogP contribution is -2.19. The number of carbonyl (C=O) groups is 1. The topological polar surface area (TPSA) is 80.0 Å². The second kappa shape index (κ2) is 6.87. The van der Waals surface area contributed by atoms with Gasteiger partial charge in [-0.15, -0.1) is 0 Å². The van der Waals surface area contributed by atoms with E-state index in [2.05, 4.69) is 63.5 Å². The Labute approximate surface area is 147 Å². The quantitative estimate of drug-likeness (QED) is 0.456. The third-order valence-corrected chi connectivity index (χ3v) is 4.35. The minimum Gasteiger partial charge on any atom is -0.320 e. The molecule has 110 valence electrons. The van der Waals surface area contributed by atoms with Crippen molar-refractivity contribution >= 4 is 65.2 Å². The average Bonchev–Trinajstić information content (AvgIpc) is 2.42. The number of nitrogens with two attached hydrogens (primary N) is 1. The molecule has 0 spiro atoms. The molecule has 2 rings (SSSR count). The van der Waals surface area contributed by atoms with Crippen molar-refractivity contribution in [2.24, 2.45) is 5.84 Å². The number of aromatic nitrogens is 1. The van der Waals surface area contributed by atoms with E-state index in [4.69, 9.17) is 5.84 Å². The van der Waals surface area contributed by atoms with Crippen LogP contribution >= 0.6 is 47.8 Å². The maximum Gasteiger partial charge on any atom is 0.259 e. The summed E-state index contributed by atoms with van der Waals surface area (Å²) in [5.74, 6) is 5.37. The average molecular weight is 479 g/mol. The maximum absolute atomic E-state index is 12.4. The predicted molar refractivity (Wildman–Crippen MR) is 94.3 cm³/mol. The fourth-order valence-corrected chi connectivity index (χ4v) is 3.67. The fraction of sp³-hybridized carbons (Fsp3) is 0.0769. The minimum absolute atomic E-state index is 0.301. The highest BCUT2D eigenvalue weighted by Gasteiger charge is 2.16. The number of nitrogens with one attached hydrogen (secondary N) is 2. The number of aryl methyl sites for hydroxylation is 1. The molecular weight excluding hydrogens is 468 g/mol. The summed E-state index contributed by atoms with van der Waals surface area (Å²) in [5, 5.41) is 2.83. The molecule has 0 saturated carbocycles. The van der Waals surface area contributed by atoms with E-state index in [0.717, 1.165) is 14.5 Å². The Morgan fingerprint density at radius 2 is 1.81 bits per heavy atom. The number of nitrogens with zero attached hydrogens (tertiary/aromatic N) is 1. The second-order valence-corrected chi connectivity index (χ2v) is 6.88. The lowest BCUT2D eigenvalue weighted by molar-refractivity contribution is 0.102. The van der Waals surface area contributed by atoms with Crippen LogP contribution in [0.3, 0.4) is 0 Å². The molecule has 8 heteroatoms. The van der Waals surface area contributed by atoms with Crippen LogP contribution in [0, 0.1) is 6.92 Å². The molecule has 1 aromatic heterocycles. The van der Waals surface area contributed by atoms with Gasteiger partial charge in [0.15, 0.2) is 5.82 Å². The summed E-state index contributed by atoms with van der Waals surface area (Å²) in [4.78, 5) is 16.5. The first-order valence-corrected chi connectivity index (χ1v) is 8.19. The molecule has 1 amide bonds. The Morgan fingerprint density at radius 1 is 1.19 bits per heavy atom. The molecule has 21 heavy (non-hydrogen) atoms. The van der Waals surface area contributed by atoms with E-state index in [1.54, 1.807) is 12.3 Å². The van der Waals surface area contributed by atoms with Crippen LogP contribution < -0.4 is 16.6 Å². The van der Waals surface area contributed by atoms with Gasteiger partial charge in [-0.1, -0.05) is 0 Å². The van der Waals surface area contributed by atoms with Crippen molar-refractivity contribution in [2.45, 2.75) is 6.92 Å². The van der Waals surface area contributed by atoms with Gasteiger partial charge in [0.1, 0.15) is 0 Å². The van der Waals surface area contributed by atoms with Crippen molar-refractivity contribution in [1.29, 1.82) is 0 Å². The number of rotatable bonds is 3. The van der Waals surface area contributed by atoms with E-state index in [1.807, 2.05) is 19.1 Å². The number of hydrogen-bond donors (Lipinski definition) is 3. The van der Waals surface area contributed by atoms with Gasteiger partial charge < -0.3 is 10.7 Å². The second-order valence-electron chi connectivity index (χ2n) is 4.25. The molecule has 5 nitrogen and oxygen atoms in total. The summed E-state index contributed by atoms with van der Waals surface area (Å²) in [7, 11) is 0. The zero-order chi connectivity index (χ0) is 15.6. The summed E-state index contributed by atoms with van der Waals surface area (Å²) in [6.07, 6.45) is 1.56. The highest BCUT2D eigenvalue weighted by Crippen LogP contribution is 2.33. The Kier molecular flexibility index (Phi) is 5.37. The lowest BCUT2D eigenvalue weighted by atomic mass is 10.2. The van der Waals surface area contributed by atoms with E-state index in [1.165, 1.54) is 0 Å². The van der Waals surface area contributed by atoms with E-state index in [0.29, 0.717) is 21.5 Å². The Hall–Kier alpha value is -0.960. The van der Waals surface area contributed by atoms with Gasteiger partial charge in [-0.25, -0.2) is 10.8 Å². The molecule has 1 heterocycles. The van der Waals surface area contributed by atoms with Crippen LogP contribution in [0.4, 0.5) is 11.5 Å². The first-order chi connectivity index (χ1) is 9.92. The summed E-state index contributed by atoms with van der Waals surface area (Å²) < 4.78 is 2.26. The van der Waals surface area contributed by atoms with Gasteiger partial charge in [-0.05, 0) is 78.5 Å². The van der Waals surface area contributed by atoms with Crippen molar-refractivity contribution in [1.82, 2.24) is 4.98 Å². The number of hydrazine groups is 1. The molecule has 0 aliphatic carbocycles. The third kappa shape index (κ3) is 3.82. The number of pyridine rings is 1. The number of hydrogen-bond acceptors (Lipinski definition) is 4. The highest BCUT2D eigenvalue weighted by molar-refractivity contribution is 9.11. The Morgan fingerprint density at radius 3 is 2.38 bits per heavy atom. The van der Waals surface area contributed by atoms with Crippen LogP contribution in [0.2, 0.25) is 0 Å². The minimum atomic E-state index is -0.318. The first-order valence-electron chi connectivity index (χ1n) is 5.81. The number of anilines is 2. The Balaban J connectivity index is 2.37. The molecule has 0 saturated heterocycles. The van der Waals surface area contributed by atoms with Crippen molar-refractivity contribution in [3.05, 3.63) is 48.9 Å². The summed E-state index contributed by atoms with van der Waals surface area (Å²) >= 11 is 10.2. The van der Waals surface area contributed by atoms with Gasteiger partial charge >= 0.3 is 0 Å². The van der Waals surface area contributed by atoms with Crippen LogP contribution in [0.5, 0.6) is 0 Å². The summed E-state index contributed by atoms with van der Waals surface area (Å²) in [6.45, 7) is 1.97. The number of amides is 1. The van der Waals surface area contributed by atoms with E-state index in [-0.39, 0.29) is 5.91 Å². The fourth-order valence-electron chi connectivity index (χ4n) is 1.73. The van der Waals surface area contributed by atoms with Crippen LogP contribution in [0.15, 0.2) is 37.8 Å². The standard InChI is InChI=1S/C13H11Br3N4O/c1-6-2-9(15)11(10(16)3-6)19-13(21)8-4-7(14)5-18-12(8)20-17/h2-5H,17H2,1H3,(H,18,20)(H,19,21). The van der Waals surface area contributed by atoms with Crippen LogP contribution in [-0.4, -0.2) is 10.9 Å². The van der Waals surface area contributed by atoms with Crippen molar-refractivity contribution in [3.8, 4) is 0 Å². The normalized spacial score (nSPS) is 10.3. The smallest absolute Gasteiger partial charge is 0.259 e.